The Labute approximate surface area is 83.9 Å². The van der Waals surface area contributed by atoms with E-state index in [1.807, 2.05) is 32.0 Å². The lowest BCUT2D eigenvalue weighted by molar-refractivity contribution is -0.133. The van der Waals surface area contributed by atoms with Crippen molar-refractivity contribution in [1.29, 1.82) is 0 Å². The van der Waals surface area contributed by atoms with E-state index in [0.717, 1.165) is 16.7 Å². The second kappa shape index (κ2) is 4.48. The van der Waals surface area contributed by atoms with Gasteiger partial charge in [-0.25, -0.2) is 4.79 Å². The van der Waals surface area contributed by atoms with Crippen LogP contribution in [0, 0.1) is 25.7 Å². The van der Waals surface area contributed by atoms with E-state index in [1.54, 1.807) is 0 Å². The van der Waals surface area contributed by atoms with E-state index >= 15 is 0 Å². The molecule has 0 saturated carbocycles. The second-order valence-electron chi connectivity index (χ2n) is 3.01. The summed E-state index contributed by atoms with van der Waals surface area (Å²) in [7, 11) is 1.32. The van der Waals surface area contributed by atoms with Gasteiger partial charge in [0.15, 0.2) is 0 Å². The summed E-state index contributed by atoms with van der Waals surface area (Å²) in [5.41, 5.74) is 3.04. The zero-order valence-corrected chi connectivity index (χ0v) is 8.55. The van der Waals surface area contributed by atoms with Gasteiger partial charge in [-0.05, 0) is 25.0 Å². The monoisotopic (exact) mass is 188 g/mol. The maximum atomic E-state index is 10.8. The summed E-state index contributed by atoms with van der Waals surface area (Å²) < 4.78 is 4.44. The smallest absolute Gasteiger partial charge is 0.384 e. The number of hydrogen-bond donors (Lipinski definition) is 0. The molecule has 0 saturated heterocycles. The highest BCUT2D eigenvalue weighted by Crippen LogP contribution is 2.10. The van der Waals surface area contributed by atoms with Gasteiger partial charge in [0.2, 0.25) is 0 Å². The van der Waals surface area contributed by atoms with Crippen molar-refractivity contribution in [2.45, 2.75) is 13.8 Å². The van der Waals surface area contributed by atoms with Crippen molar-refractivity contribution < 1.29 is 9.53 Å². The van der Waals surface area contributed by atoms with Crippen LogP contribution >= 0.6 is 0 Å². The third-order valence-corrected chi connectivity index (χ3v) is 1.96. The molecule has 0 atom stereocenters. The van der Waals surface area contributed by atoms with E-state index in [0.29, 0.717) is 0 Å². The van der Waals surface area contributed by atoms with Crippen LogP contribution in [-0.4, -0.2) is 13.1 Å². The van der Waals surface area contributed by atoms with Gasteiger partial charge in [-0.2, -0.15) is 0 Å². The fourth-order valence-electron chi connectivity index (χ4n) is 1.18. The second-order valence-corrected chi connectivity index (χ2v) is 3.01. The van der Waals surface area contributed by atoms with Gasteiger partial charge in [-0.3, -0.25) is 0 Å². The average Bonchev–Trinajstić information content (AvgIpc) is 2.16. The topological polar surface area (TPSA) is 26.3 Å². The maximum absolute atomic E-state index is 10.8. The Bertz CT molecular complexity index is 388. The first-order valence-corrected chi connectivity index (χ1v) is 4.31. The predicted octanol–water partition coefficient (Wildman–Crippen LogP) is 1.83. The molecule has 0 aliphatic carbocycles. The Balaban J connectivity index is 3.06. The molecular formula is C12H12O2. The molecule has 0 bridgehead atoms. The molecule has 0 fully saturated rings. The lowest BCUT2D eigenvalue weighted by Gasteiger charge is -2.00. The van der Waals surface area contributed by atoms with Crippen LogP contribution in [0.4, 0.5) is 0 Å². The standard InChI is InChI=1S/C12H12O2/c1-9-5-4-6-10(2)11(9)7-8-12(13)14-3/h4-6H,1-3H3. The summed E-state index contributed by atoms with van der Waals surface area (Å²) in [5.74, 6) is 4.72. The minimum absolute atomic E-state index is 0.507. The van der Waals surface area contributed by atoms with E-state index < -0.39 is 5.97 Å². The molecule has 0 heterocycles. The van der Waals surface area contributed by atoms with Gasteiger partial charge in [0.25, 0.3) is 0 Å². The molecule has 0 aliphatic rings. The van der Waals surface area contributed by atoms with E-state index in [2.05, 4.69) is 16.6 Å². The Morgan fingerprint density at radius 3 is 2.36 bits per heavy atom. The van der Waals surface area contributed by atoms with Crippen LogP contribution in [0.15, 0.2) is 18.2 Å². The maximum Gasteiger partial charge on any atom is 0.384 e. The average molecular weight is 188 g/mol. The van der Waals surface area contributed by atoms with E-state index in [1.165, 1.54) is 7.11 Å². The summed E-state index contributed by atoms with van der Waals surface area (Å²) >= 11 is 0. The van der Waals surface area contributed by atoms with Crippen LogP contribution in [0.1, 0.15) is 16.7 Å². The van der Waals surface area contributed by atoms with Gasteiger partial charge in [0.05, 0.1) is 7.11 Å². The van der Waals surface area contributed by atoms with Gasteiger partial charge in [0, 0.05) is 11.5 Å². The molecule has 0 spiro atoms. The normalized spacial score (nSPS) is 8.79. The Hall–Kier alpha value is -1.75. The molecule has 1 rings (SSSR count). The summed E-state index contributed by atoms with van der Waals surface area (Å²) in [4.78, 5) is 10.8. The fourth-order valence-corrected chi connectivity index (χ4v) is 1.18. The van der Waals surface area contributed by atoms with E-state index in [9.17, 15) is 4.79 Å². The van der Waals surface area contributed by atoms with Crippen LogP contribution in [0.2, 0.25) is 0 Å². The Morgan fingerprint density at radius 2 is 1.86 bits per heavy atom. The van der Waals surface area contributed by atoms with Gasteiger partial charge in [-0.15, -0.1) is 0 Å². The quantitative estimate of drug-likeness (QED) is 0.458. The van der Waals surface area contributed by atoms with Crippen LogP contribution in [0.25, 0.3) is 0 Å². The molecule has 14 heavy (non-hydrogen) atoms. The predicted molar refractivity (Wildman–Crippen MR) is 54.8 cm³/mol. The SMILES string of the molecule is COC(=O)C#Cc1c(C)cccc1C. The van der Waals surface area contributed by atoms with Crippen molar-refractivity contribution in [1.82, 2.24) is 0 Å². The van der Waals surface area contributed by atoms with Gasteiger partial charge in [0.1, 0.15) is 0 Å². The molecule has 2 heteroatoms. The molecule has 0 unspecified atom stereocenters. The first-order chi connectivity index (χ1) is 6.65. The zero-order valence-electron chi connectivity index (χ0n) is 8.55. The van der Waals surface area contributed by atoms with Crippen molar-refractivity contribution in [3.8, 4) is 11.8 Å². The number of ether oxygens (including phenoxy) is 1. The van der Waals surface area contributed by atoms with E-state index in [4.69, 9.17) is 0 Å². The van der Waals surface area contributed by atoms with Crippen LogP contribution in [0.3, 0.4) is 0 Å². The minimum Gasteiger partial charge on any atom is -0.459 e. The number of rotatable bonds is 0. The number of hydrogen-bond acceptors (Lipinski definition) is 2. The number of carbonyl (C=O) groups is 1. The van der Waals surface area contributed by atoms with Crippen molar-refractivity contribution in [2.75, 3.05) is 7.11 Å². The Kier molecular flexibility index (Phi) is 3.30. The van der Waals surface area contributed by atoms with Crippen molar-refractivity contribution in [3.05, 3.63) is 34.9 Å². The fraction of sp³-hybridized carbons (Fsp3) is 0.250. The molecule has 0 aliphatic heterocycles. The number of benzene rings is 1. The largest absolute Gasteiger partial charge is 0.459 e. The third-order valence-electron chi connectivity index (χ3n) is 1.96. The van der Waals surface area contributed by atoms with Gasteiger partial charge >= 0.3 is 5.97 Å². The summed E-state index contributed by atoms with van der Waals surface area (Å²) in [6.07, 6.45) is 0. The zero-order chi connectivity index (χ0) is 10.6. The molecule has 0 radical (unpaired) electrons. The number of aryl methyl sites for hydroxylation is 2. The first kappa shape index (κ1) is 10.3. The molecule has 0 aromatic heterocycles. The number of carbonyl (C=O) groups excluding carboxylic acids is 1. The van der Waals surface area contributed by atoms with Gasteiger partial charge < -0.3 is 4.74 Å². The first-order valence-electron chi connectivity index (χ1n) is 4.31. The molecular weight excluding hydrogens is 176 g/mol. The Morgan fingerprint density at radius 1 is 1.29 bits per heavy atom. The van der Waals surface area contributed by atoms with E-state index in [-0.39, 0.29) is 0 Å². The molecule has 1 aromatic rings. The third kappa shape index (κ3) is 2.37. The van der Waals surface area contributed by atoms with Crippen molar-refractivity contribution >= 4 is 5.97 Å². The van der Waals surface area contributed by atoms with Crippen LogP contribution in [0.5, 0.6) is 0 Å². The lowest BCUT2D eigenvalue weighted by Crippen LogP contribution is -1.95. The highest BCUT2D eigenvalue weighted by Gasteiger charge is 1.98. The van der Waals surface area contributed by atoms with Crippen molar-refractivity contribution in [2.24, 2.45) is 0 Å². The molecule has 2 nitrogen and oxygen atoms in total. The molecule has 0 N–H and O–H groups in total. The summed E-state index contributed by atoms with van der Waals surface area (Å²) in [6, 6.07) is 5.90. The molecule has 0 amide bonds. The minimum atomic E-state index is -0.507. The highest BCUT2D eigenvalue weighted by atomic mass is 16.5. The van der Waals surface area contributed by atoms with Crippen LogP contribution < -0.4 is 0 Å². The summed E-state index contributed by atoms with van der Waals surface area (Å²) in [6.45, 7) is 3.93. The van der Waals surface area contributed by atoms with Crippen LogP contribution in [-0.2, 0) is 9.53 Å². The lowest BCUT2D eigenvalue weighted by atomic mass is 10.0. The number of esters is 1. The highest BCUT2D eigenvalue weighted by molar-refractivity contribution is 5.89. The molecule has 72 valence electrons. The number of methoxy groups -OCH3 is 1. The summed E-state index contributed by atoms with van der Waals surface area (Å²) in [5, 5.41) is 0. The van der Waals surface area contributed by atoms with Gasteiger partial charge in [-0.1, -0.05) is 24.1 Å². The van der Waals surface area contributed by atoms with Crippen molar-refractivity contribution in [3.63, 3.8) is 0 Å². The molecule has 1 aromatic carbocycles.